The largest absolute Gasteiger partial charge is 0.309 e. The number of nitrogens with zero attached hydrogens (tertiary/aromatic N) is 2. The van der Waals surface area contributed by atoms with E-state index in [4.69, 9.17) is 0 Å². The molecule has 0 amide bonds. The highest BCUT2D eigenvalue weighted by Gasteiger charge is 2.12. The third kappa shape index (κ3) is 4.83. The summed E-state index contributed by atoms with van der Waals surface area (Å²) in [7, 11) is 0. The topological polar surface area (TPSA) is 37.8 Å². The van der Waals surface area contributed by atoms with Gasteiger partial charge in [0.05, 0.1) is 0 Å². The molecule has 1 heterocycles. The summed E-state index contributed by atoms with van der Waals surface area (Å²) in [4.78, 5) is 8.53. The summed E-state index contributed by atoms with van der Waals surface area (Å²) in [6.45, 7) is 7.53. The Balaban J connectivity index is 2.04. The monoisotopic (exact) mass is 301 g/mol. The number of rotatable bonds is 7. The van der Waals surface area contributed by atoms with Gasteiger partial charge in [-0.25, -0.2) is 9.97 Å². The first-order valence-corrected chi connectivity index (χ1v) is 8.42. The minimum Gasteiger partial charge on any atom is -0.309 e. The molecule has 112 valence electrons. The number of nitrogens with one attached hydrogen (secondary N) is 1. The van der Waals surface area contributed by atoms with Crippen LogP contribution >= 0.6 is 11.8 Å². The van der Waals surface area contributed by atoms with Gasteiger partial charge in [0.2, 0.25) is 0 Å². The molecule has 0 saturated carbocycles. The van der Waals surface area contributed by atoms with E-state index in [1.807, 2.05) is 6.07 Å². The number of aromatic nitrogens is 2. The quantitative estimate of drug-likeness (QED) is 0.618. The van der Waals surface area contributed by atoms with Gasteiger partial charge in [-0.3, -0.25) is 0 Å². The number of thioether (sulfide) groups is 1. The second-order valence-electron chi connectivity index (χ2n) is 5.27. The average Bonchev–Trinajstić information content (AvgIpc) is 2.52. The molecule has 0 aliphatic carbocycles. The molecule has 1 atom stereocenters. The maximum absolute atomic E-state index is 4.27. The first kappa shape index (κ1) is 16.0. The zero-order valence-corrected chi connectivity index (χ0v) is 13.7. The van der Waals surface area contributed by atoms with Crippen LogP contribution in [0.1, 0.15) is 43.9 Å². The Morgan fingerprint density at radius 2 is 1.67 bits per heavy atom. The Kier molecular flexibility index (Phi) is 6.21. The number of hydrogen-bond acceptors (Lipinski definition) is 4. The van der Waals surface area contributed by atoms with Gasteiger partial charge in [0.1, 0.15) is 0 Å². The summed E-state index contributed by atoms with van der Waals surface area (Å²) < 4.78 is 0. The SMILES string of the molecule is CCNC(CSc1ncccn1)c1ccc(C(C)C)cc1. The maximum Gasteiger partial charge on any atom is 0.187 e. The average molecular weight is 301 g/mol. The van der Waals surface area contributed by atoms with Crippen LogP contribution in [-0.2, 0) is 0 Å². The lowest BCUT2D eigenvalue weighted by molar-refractivity contribution is 0.605. The van der Waals surface area contributed by atoms with Crippen LogP contribution in [0.3, 0.4) is 0 Å². The predicted octanol–water partition coefficient (Wildman–Crippen LogP) is 4.04. The van der Waals surface area contributed by atoms with E-state index in [1.54, 1.807) is 24.2 Å². The van der Waals surface area contributed by atoms with E-state index >= 15 is 0 Å². The fourth-order valence-corrected chi connectivity index (χ4v) is 3.05. The van der Waals surface area contributed by atoms with E-state index in [1.165, 1.54) is 11.1 Å². The molecule has 2 aromatic rings. The molecule has 3 nitrogen and oxygen atoms in total. The summed E-state index contributed by atoms with van der Waals surface area (Å²) in [6, 6.07) is 11.1. The van der Waals surface area contributed by atoms with E-state index in [-0.39, 0.29) is 0 Å². The highest BCUT2D eigenvalue weighted by atomic mass is 32.2. The molecule has 2 rings (SSSR count). The fraction of sp³-hybridized carbons (Fsp3) is 0.412. The van der Waals surface area contributed by atoms with Crippen LogP contribution in [0.15, 0.2) is 47.9 Å². The molecule has 0 radical (unpaired) electrons. The van der Waals surface area contributed by atoms with Crippen LogP contribution in [0.4, 0.5) is 0 Å². The summed E-state index contributed by atoms with van der Waals surface area (Å²) in [5.41, 5.74) is 2.71. The summed E-state index contributed by atoms with van der Waals surface area (Å²) >= 11 is 1.69. The third-order valence-corrected chi connectivity index (χ3v) is 4.35. The number of hydrogen-bond donors (Lipinski definition) is 1. The van der Waals surface area contributed by atoms with Crippen molar-refractivity contribution in [3.8, 4) is 0 Å². The molecular formula is C17H23N3S. The van der Waals surface area contributed by atoms with Crippen molar-refractivity contribution in [1.82, 2.24) is 15.3 Å². The van der Waals surface area contributed by atoms with Gasteiger partial charge < -0.3 is 5.32 Å². The van der Waals surface area contributed by atoms with Gasteiger partial charge in [-0.15, -0.1) is 0 Å². The van der Waals surface area contributed by atoms with Gasteiger partial charge in [0.15, 0.2) is 5.16 Å². The van der Waals surface area contributed by atoms with Crippen LogP contribution in [0.2, 0.25) is 0 Å². The number of benzene rings is 1. The minimum atomic E-state index is 0.324. The smallest absolute Gasteiger partial charge is 0.187 e. The van der Waals surface area contributed by atoms with Gasteiger partial charge >= 0.3 is 0 Å². The maximum atomic E-state index is 4.27. The van der Waals surface area contributed by atoms with Crippen molar-refractivity contribution in [2.75, 3.05) is 12.3 Å². The van der Waals surface area contributed by atoms with Crippen LogP contribution in [0.5, 0.6) is 0 Å². The van der Waals surface area contributed by atoms with Crippen LogP contribution in [0, 0.1) is 0 Å². The van der Waals surface area contributed by atoms with Crippen LogP contribution < -0.4 is 5.32 Å². The highest BCUT2D eigenvalue weighted by molar-refractivity contribution is 7.99. The molecular weight excluding hydrogens is 278 g/mol. The van der Waals surface area contributed by atoms with Crippen molar-refractivity contribution in [3.63, 3.8) is 0 Å². The van der Waals surface area contributed by atoms with Gasteiger partial charge in [0, 0.05) is 24.2 Å². The Morgan fingerprint density at radius 1 is 1.05 bits per heavy atom. The lowest BCUT2D eigenvalue weighted by atomic mass is 9.99. The molecule has 1 unspecified atom stereocenters. The second kappa shape index (κ2) is 8.15. The fourth-order valence-electron chi connectivity index (χ4n) is 2.15. The summed E-state index contributed by atoms with van der Waals surface area (Å²) in [5.74, 6) is 1.50. The van der Waals surface area contributed by atoms with E-state index in [0.29, 0.717) is 12.0 Å². The Morgan fingerprint density at radius 3 is 2.24 bits per heavy atom. The third-order valence-electron chi connectivity index (χ3n) is 3.38. The molecule has 0 fully saturated rings. The van der Waals surface area contributed by atoms with Crippen molar-refractivity contribution in [1.29, 1.82) is 0 Å². The first-order valence-electron chi connectivity index (χ1n) is 7.43. The zero-order chi connectivity index (χ0) is 15.1. The molecule has 0 bridgehead atoms. The van der Waals surface area contributed by atoms with Crippen LogP contribution in [-0.4, -0.2) is 22.3 Å². The zero-order valence-electron chi connectivity index (χ0n) is 12.9. The van der Waals surface area contributed by atoms with E-state index in [0.717, 1.165) is 17.5 Å². The molecule has 1 N–H and O–H groups in total. The highest BCUT2D eigenvalue weighted by Crippen LogP contribution is 2.24. The van der Waals surface area contributed by atoms with Crippen molar-refractivity contribution >= 4 is 11.8 Å². The van der Waals surface area contributed by atoms with Gasteiger partial charge in [0.25, 0.3) is 0 Å². The predicted molar refractivity (Wildman–Crippen MR) is 89.7 cm³/mol. The van der Waals surface area contributed by atoms with E-state index in [2.05, 4.69) is 60.3 Å². The van der Waals surface area contributed by atoms with E-state index < -0.39 is 0 Å². The second-order valence-corrected chi connectivity index (χ2v) is 6.26. The Labute approximate surface area is 131 Å². The van der Waals surface area contributed by atoms with Crippen molar-refractivity contribution in [2.24, 2.45) is 0 Å². The molecule has 0 aliphatic heterocycles. The summed E-state index contributed by atoms with van der Waals surface area (Å²) in [6.07, 6.45) is 3.57. The lowest BCUT2D eigenvalue weighted by Gasteiger charge is -2.18. The minimum absolute atomic E-state index is 0.324. The van der Waals surface area contributed by atoms with Crippen LogP contribution in [0.25, 0.3) is 0 Å². The molecule has 1 aromatic carbocycles. The molecule has 0 spiro atoms. The molecule has 1 aromatic heterocycles. The Hall–Kier alpha value is -1.39. The molecule has 4 heteroatoms. The van der Waals surface area contributed by atoms with Crippen molar-refractivity contribution < 1.29 is 0 Å². The lowest BCUT2D eigenvalue weighted by Crippen LogP contribution is -2.23. The standard InChI is InChI=1S/C17H23N3S/c1-4-18-16(12-21-17-19-10-5-11-20-17)15-8-6-14(7-9-15)13(2)3/h5-11,13,16,18H,4,12H2,1-3H3. The van der Waals surface area contributed by atoms with Crippen molar-refractivity contribution in [3.05, 3.63) is 53.9 Å². The van der Waals surface area contributed by atoms with Gasteiger partial charge in [-0.1, -0.05) is 56.8 Å². The van der Waals surface area contributed by atoms with Crippen molar-refractivity contribution in [2.45, 2.75) is 37.9 Å². The van der Waals surface area contributed by atoms with E-state index in [9.17, 15) is 0 Å². The molecule has 0 aliphatic rings. The first-order chi connectivity index (χ1) is 10.2. The van der Waals surface area contributed by atoms with Gasteiger partial charge in [-0.05, 0) is 29.7 Å². The van der Waals surface area contributed by atoms with Gasteiger partial charge in [-0.2, -0.15) is 0 Å². The molecule has 0 saturated heterocycles. The normalized spacial score (nSPS) is 12.6. The molecule has 21 heavy (non-hydrogen) atoms. The Bertz CT molecular complexity index is 525. The summed E-state index contributed by atoms with van der Waals surface area (Å²) in [5, 5.41) is 4.37.